The number of halogens is 1. The van der Waals surface area contributed by atoms with Crippen LogP contribution in [-0.4, -0.2) is 54.1 Å². The van der Waals surface area contributed by atoms with Crippen molar-refractivity contribution >= 4 is 43.1 Å². The maximum Gasteiger partial charge on any atom is 0.264 e. The Kier molecular flexibility index (Phi) is 5.70. The third-order valence-electron chi connectivity index (χ3n) is 4.60. The Morgan fingerprint density at radius 2 is 1.93 bits per heavy atom. The quantitative estimate of drug-likeness (QED) is 0.573. The fourth-order valence-corrected chi connectivity index (χ4v) is 6.52. The molecule has 4 heterocycles. The third-order valence-corrected chi connectivity index (χ3v) is 8.65. The van der Waals surface area contributed by atoms with Crippen molar-refractivity contribution in [2.45, 2.75) is 4.21 Å². The Balaban J connectivity index is 1.48. The molecule has 0 atom stereocenters. The Labute approximate surface area is 184 Å². The molecule has 0 radical (unpaired) electrons. The van der Waals surface area contributed by atoms with Crippen LogP contribution in [0.2, 0.25) is 0 Å². The highest BCUT2D eigenvalue weighted by atomic mass is 79.9. The highest BCUT2D eigenvalue weighted by molar-refractivity contribution is 9.10. The normalized spacial score (nSPS) is 15.1. The number of rotatable bonds is 4. The monoisotopic (exact) mass is 506 g/mol. The molecule has 3 aromatic heterocycles. The Bertz CT molecular complexity index is 1270. The van der Waals surface area contributed by atoms with Crippen molar-refractivity contribution in [3.8, 4) is 16.6 Å². The number of nitrogens with one attached hydrogen (secondary N) is 1. The molecule has 4 rings (SSSR count). The number of nitriles is 1. The molecule has 154 valence electrons. The van der Waals surface area contributed by atoms with Crippen molar-refractivity contribution in [2.75, 3.05) is 31.1 Å². The predicted octanol–water partition coefficient (Wildman–Crippen LogP) is 2.04. The van der Waals surface area contributed by atoms with Crippen LogP contribution in [0.4, 0.5) is 5.82 Å². The van der Waals surface area contributed by atoms with E-state index in [1.165, 1.54) is 16.6 Å². The summed E-state index contributed by atoms with van der Waals surface area (Å²) < 4.78 is 28.5. The molecule has 3 aromatic rings. The predicted molar refractivity (Wildman–Crippen MR) is 116 cm³/mol. The lowest BCUT2D eigenvalue weighted by Crippen LogP contribution is -2.48. The maximum absolute atomic E-state index is 13.1. The van der Waals surface area contributed by atoms with E-state index < -0.39 is 10.0 Å². The minimum Gasteiger partial charge on any atom is -0.353 e. The molecule has 1 saturated heterocycles. The summed E-state index contributed by atoms with van der Waals surface area (Å²) in [7, 11) is -3.63. The number of aromatic nitrogens is 3. The molecule has 0 bridgehead atoms. The molecule has 0 spiro atoms. The fraction of sp³-hybridized carbons (Fsp3) is 0.222. The van der Waals surface area contributed by atoms with Crippen molar-refractivity contribution in [1.82, 2.24) is 19.5 Å². The number of anilines is 1. The zero-order chi connectivity index (χ0) is 21.3. The average molecular weight is 507 g/mol. The average Bonchev–Trinajstić information content (AvgIpc) is 3.25. The van der Waals surface area contributed by atoms with Crippen molar-refractivity contribution < 1.29 is 8.42 Å². The van der Waals surface area contributed by atoms with Crippen LogP contribution in [0.5, 0.6) is 0 Å². The van der Waals surface area contributed by atoms with E-state index in [0.29, 0.717) is 52.6 Å². The molecule has 12 heteroatoms. The van der Waals surface area contributed by atoms with Crippen LogP contribution in [0.3, 0.4) is 0 Å². The molecule has 1 aliphatic heterocycles. The minimum atomic E-state index is -3.63. The van der Waals surface area contributed by atoms with E-state index in [4.69, 9.17) is 5.26 Å². The number of H-pyrrole nitrogens is 1. The van der Waals surface area contributed by atoms with E-state index in [-0.39, 0.29) is 9.77 Å². The molecule has 0 aliphatic carbocycles. The SMILES string of the molecule is N#Cc1cnc(N2CCN(S(=O)(=O)c3ccc(-c4ccc(=O)[nH]n4)s3)CC2)c(Br)c1. The van der Waals surface area contributed by atoms with Crippen LogP contribution < -0.4 is 10.5 Å². The van der Waals surface area contributed by atoms with Gasteiger partial charge in [0.05, 0.1) is 14.9 Å². The van der Waals surface area contributed by atoms with Gasteiger partial charge in [-0.15, -0.1) is 11.3 Å². The van der Waals surface area contributed by atoms with E-state index in [2.05, 4.69) is 31.1 Å². The number of aromatic amines is 1. The minimum absolute atomic E-state index is 0.233. The molecule has 1 N–H and O–H groups in total. The third kappa shape index (κ3) is 4.01. The van der Waals surface area contributed by atoms with Crippen molar-refractivity contribution in [3.63, 3.8) is 0 Å². The van der Waals surface area contributed by atoms with Crippen LogP contribution in [0.1, 0.15) is 5.56 Å². The van der Waals surface area contributed by atoms with Crippen LogP contribution in [0.15, 0.2) is 50.0 Å². The Morgan fingerprint density at radius 1 is 1.17 bits per heavy atom. The van der Waals surface area contributed by atoms with Crippen molar-refractivity contribution in [3.05, 3.63) is 56.9 Å². The van der Waals surface area contributed by atoms with Gasteiger partial charge in [-0.3, -0.25) is 4.79 Å². The van der Waals surface area contributed by atoms with Gasteiger partial charge in [0.25, 0.3) is 15.6 Å². The van der Waals surface area contributed by atoms with E-state index in [1.54, 1.807) is 24.3 Å². The summed E-state index contributed by atoms with van der Waals surface area (Å²) in [6.45, 7) is 1.61. The smallest absolute Gasteiger partial charge is 0.264 e. The summed E-state index contributed by atoms with van der Waals surface area (Å²) >= 11 is 4.55. The summed E-state index contributed by atoms with van der Waals surface area (Å²) in [4.78, 5) is 18.1. The summed E-state index contributed by atoms with van der Waals surface area (Å²) in [5.41, 5.74) is 0.657. The first-order valence-corrected chi connectivity index (χ1v) is 11.9. The van der Waals surface area contributed by atoms with Gasteiger partial charge < -0.3 is 4.90 Å². The van der Waals surface area contributed by atoms with Gasteiger partial charge in [0.1, 0.15) is 21.8 Å². The molecule has 9 nitrogen and oxygen atoms in total. The molecule has 0 unspecified atom stereocenters. The van der Waals surface area contributed by atoms with Gasteiger partial charge in [0.2, 0.25) is 0 Å². The molecule has 30 heavy (non-hydrogen) atoms. The van der Waals surface area contributed by atoms with E-state index in [9.17, 15) is 13.2 Å². The second-order valence-electron chi connectivity index (χ2n) is 6.46. The first kappa shape index (κ1) is 20.7. The fourth-order valence-electron chi connectivity index (χ4n) is 3.07. The number of thiophene rings is 1. The second-order valence-corrected chi connectivity index (χ2v) is 10.6. The Hall–Kier alpha value is -2.59. The van der Waals surface area contributed by atoms with Crippen LogP contribution in [-0.2, 0) is 10.0 Å². The molecule has 0 saturated carbocycles. The number of hydrogen-bond acceptors (Lipinski definition) is 8. The van der Waals surface area contributed by atoms with Crippen LogP contribution in [0.25, 0.3) is 10.6 Å². The van der Waals surface area contributed by atoms with Gasteiger partial charge in [0, 0.05) is 38.4 Å². The van der Waals surface area contributed by atoms with Crippen LogP contribution >= 0.6 is 27.3 Å². The lowest BCUT2D eigenvalue weighted by atomic mass is 10.3. The lowest BCUT2D eigenvalue weighted by Gasteiger charge is -2.34. The lowest BCUT2D eigenvalue weighted by molar-refractivity contribution is 0.384. The van der Waals surface area contributed by atoms with E-state index in [1.807, 2.05) is 11.0 Å². The first-order valence-electron chi connectivity index (χ1n) is 8.85. The highest BCUT2D eigenvalue weighted by Gasteiger charge is 2.30. The number of sulfonamides is 1. The van der Waals surface area contributed by atoms with E-state index >= 15 is 0 Å². The zero-order valence-corrected chi connectivity index (χ0v) is 18.7. The molecular formula is C18H15BrN6O3S2. The number of nitrogens with zero attached hydrogens (tertiary/aromatic N) is 5. The molecular weight excluding hydrogens is 492 g/mol. The van der Waals surface area contributed by atoms with E-state index in [0.717, 1.165) is 11.3 Å². The zero-order valence-electron chi connectivity index (χ0n) is 15.4. The second kappa shape index (κ2) is 8.27. The van der Waals surface area contributed by atoms with Crippen molar-refractivity contribution in [1.29, 1.82) is 5.26 Å². The van der Waals surface area contributed by atoms with Crippen molar-refractivity contribution in [2.24, 2.45) is 0 Å². The Morgan fingerprint density at radius 3 is 2.57 bits per heavy atom. The first-order chi connectivity index (χ1) is 14.4. The molecule has 0 amide bonds. The molecule has 1 aliphatic rings. The standard InChI is InChI=1S/C18H15BrN6O3S2/c19-13-9-12(10-20)11-21-18(13)24-5-7-25(8-6-24)30(27,28)17-4-2-15(29-17)14-1-3-16(26)23-22-14/h1-4,9,11H,5-8H2,(H,23,26). The summed E-state index contributed by atoms with van der Waals surface area (Å²) in [6, 6.07) is 9.90. The van der Waals surface area contributed by atoms with Gasteiger partial charge in [-0.2, -0.15) is 14.7 Å². The topological polar surface area (TPSA) is 123 Å². The maximum atomic E-state index is 13.1. The van der Waals surface area contributed by atoms with Gasteiger partial charge in [-0.25, -0.2) is 18.5 Å². The molecule has 0 aromatic carbocycles. The largest absolute Gasteiger partial charge is 0.353 e. The van der Waals surface area contributed by atoms with Gasteiger partial charge in [0.15, 0.2) is 0 Å². The van der Waals surface area contributed by atoms with Gasteiger partial charge >= 0.3 is 0 Å². The van der Waals surface area contributed by atoms with Gasteiger partial charge in [-0.05, 0) is 40.2 Å². The van der Waals surface area contributed by atoms with Crippen LogP contribution in [0, 0.1) is 11.3 Å². The molecule has 1 fully saturated rings. The highest BCUT2D eigenvalue weighted by Crippen LogP contribution is 2.32. The number of piperazine rings is 1. The number of pyridine rings is 1. The van der Waals surface area contributed by atoms with Gasteiger partial charge in [-0.1, -0.05) is 0 Å². The number of hydrogen-bond donors (Lipinski definition) is 1. The summed E-state index contributed by atoms with van der Waals surface area (Å²) in [6.07, 6.45) is 1.50. The summed E-state index contributed by atoms with van der Waals surface area (Å²) in [5.74, 6) is 0.689. The summed E-state index contributed by atoms with van der Waals surface area (Å²) in [5, 5.41) is 15.3.